The Hall–Kier alpha value is -0.680. The van der Waals surface area contributed by atoms with Crippen molar-refractivity contribution in [1.82, 2.24) is 14.9 Å². The van der Waals surface area contributed by atoms with Gasteiger partial charge in [0.1, 0.15) is 16.2 Å². The molecule has 4 nitrogen and oxygen atoms in total. The summed E-state index contributed by atoms with van der Waals surface area (Å²) in [5.74, 6) is 1.73. The largest absolute Gasteiger partial charge is 0.368 e. The molecule has 0 aliphatic heterocycles. The quantitative estimate of drug-likeness (QED) is 0.849. The molecule has 0 saturated carbocycles. The normalized spacial score (nSPS) is 11.9. The van der Waals surface area contributed by atoms with Gasteiger partial charge in [-0.1, -0.05) is 6.92 Å². The van der Waals surface area contributed by atoms with Crippen LogP contribution in [0.1, 0.15) is 26.6 Å². The van der Waals surface area contributed by atoms with Crippen LogP contribution in [0.2, 0.25) is 0 Å². The number of aryl methyl sites for hydroxylation is 1. The number of rotatable bonds is 5. The van der Waals surface area contributed by atoms with Gasteiger partial charge in [0.25, 0.3) is 0 Å². The van der Waals surface area contributed by atoms with Gasteiger partial charge < -0.3 is 10.2 Å². The lowest BCUT2D eigenvalue weighted by molar-refractivity contribution is 0.210. The zero-order valence-electron chi connectivity index (χ0n) is 11.2. The van der Waals surface area contributed by atoms with Crippen molar-refractivity contribution in [3.8, 4) is 0 Å². The van der Waals surface area contributed by atoms with Crippen molar-refractivity contribution in [3.05, 3.63) is 16.5 Å². The molecule has 1 rings (SSSR count). The lowest BCUT2D eigenvalue weighted by atomic mass is 10.0. The van der Waals surface area contributed by atoms with Gasteiger partial charge in [-0.2, -0.15) is 0 Å². The zero-order chi connectivity index (χ0) is 13.1. The highest BCUT2D eigenvalue weighted by Crippen LogP contribution is 2.15. The van der Waals surface area contributed by atoms with Crippen LogP contribution in [0, 0.1) is 0 Å². The number of hydrogen-bond donors (Lipinski definition) is 1. The van der Waals surface area contributed by atoms with E-state index in [4.69, 9.17) is 0 Å². The third-order valence-electron chi connectivity index (χ3n) is 2.97. The Bertz CT molecular complexity index is 377. The molecule has 0 spiro atoms. The Kier molecular flexibility index (Phi) is 4.89. The second-order valence-electron chi connectivity index (χ2n) is 4.91. The second-order valence-corrected chi connectivity index (χ2v) is 5.72. The maximum atomic E-state index is 4.44. The molecule has 0 radical (unpaired) electrons. The van der Waals surface area contributed by atoms with Crippen molar-refractivity contribution < 1.29 is 0 Å². The monoisotopic (exact) mass is 300 g/mol. The molecule has 17 heavy (non-hydrogen) atoms. The lowest BCUT2D eigenvalue weighted by Crippen LogP contribution is -2.44. The molecule has 1 N–H and O–H groups in total. The van der Waals surface area contributed by atoms with Crippen LogP contribution in [-0.4, -0.2) is 41.0 Å². The molecule has 0 bridgehead atoms. The van der Waals surface area contributed by atoms with Crippen molar-refractivity contribution in [2.75, 3.05) is 26.0 Å². The molecule has 1 aromatic rings. The number of anilines is 1. The predicted molar refractivity (Wildman–Crippen MR) is 75.4 cm³/mol. The molecule has 1 aromatic heterocycles. The standard InChI is InChI=1S/C12H21BrN4/c1-6-10-15-9(13)7-11(16-10)14-8-12(2,3)17(4)5/h7H,6,8H2,1-5H3,(H,14,15,16). The maximum Gasteiger partial charge on any atom is 0.131 e. The molecule has 0 saturated heterocycles. The highest BCUT2D eigenvalue weighted by molar-refractivity contribution is 9.10. The van der Waals surface area contributed by atoms with Crippen LogP contribution in [0.3, 0.4) is 0 Å². The van der Waals surface area contributed by atoms with Crippen molar-refractivity contribution in [2.24, 2.45) is 0 Å². The van der Waals surface area contributed by atoms with Crippen molar-refractivity contribution in [1.29, 1.82) is 0 Å². The van der Waals surface area contributed by atoms with Gasteiger partial charge in [-0.05, 0) is 43.9 Å². The minimum Gasteiger partial charge on any atom is -0.368 e. The molecule has 0 aliphatic rings. The van der Waals surface area contributed by atoms with E-state index < -0.39 is 0 Å². The van der Waals surface area contributed by atoms with Gasteiger partial charge in [0.05, 0.1) is 0 Å². The molecular weight excluding hydrogens is 280 g/mol. The maximum absolute atomic E-state index is 4.44. The molecular formula is C12H21BrN4. The number of aromatic nitrogens is 2. The van der Waals surface area contributed by atoms with Gasteiger partial charge in [-0.25, -0.2) is 9.97 Å². The molecule has 0 atom stereocenters. The van der Waals surface area contributed by atoms with Gasteiger partial charge >= 0.3 is 0 Å². The molecule has 0 unspecified atom stereocenters. The summed E-state index contributed by atoms with van der Waals surface area (Å²) < 4.78 is 0.828. The van der Waals surface area contributed by atoms with Gasteiger partial charge in [-0.15, -0.1) is 0 Å². The average Bonchev–Trinajstić information content (AvgIpc) is 2.25. The number of hydrogen-bond acceptors (Lipinski definition) is 4. The Morgan fingerprint density at radius 3 is 2.53 bits per heavy atom. The Balaban J connectivity index is 2.72. The summed E-state index contributed by atoms with van der Waals surface area (Å²) in [6.45, 7) is 7.27. The van der Waals surface area contributed by atoms with Crippen LogP contribution < -0.4 is 5.32 Å². The van der Waals surface area contributed by atoms with E-state index in [2.05, 4.69) is 71.0 Å². The summed E-state index contributed by atoms with van der Waals surface area (Å²) in [6.07, 6.45) is 0.838. The van der Waals surface area contributed by atoms with E-state index in [1.165, 1.54) is 0 Å². The van der Waals surface area contributed by atoms with E-state index in [-0.39, 0.29) is 5.54 Å². The summed E-state index contributed by atoms with van der Waals surface area (Å²) in [6, 6.07) is 1.91. The fourth-order valence-corrected chi connectivity index (χ4v) is 1.60. The lowest BCUT2D eigenvalue weighted by Gasteiger charge is -2.32. The third kappa shape index (κ3) is 4.24. The number of halogens is 1. The van der Waals surface area contributed by atoms with Crippen molar-refractivity contribution in [3.63, 3.8) is 0 Å². The molecule has 5 heteroatoms. The van der Waals surface area contributed by atoms with Gasteiger partial charge in [0.2, 0.25) is 0 Å². The van der Waals surface area contributed by atoms with E-state index in [1.54, 1.807) is 0 Å². The van der Waals surface area contributed by atoms with Crippen molar-refractivity contribution in [2.45, 2.75) is 32.7 Å². The van der Waals surface area contributed by atoms with Crippen LogP contribution in [0.15, 0.2) is 10.7 Å². The topological polar surface area (TPSA) is 41.1 Å². The molecule has 1 heterocycles. The number of likely N-dealkylation sites (N-methyl/N-ethyl adjacent to an activating group) is 1. The molecule has 0 aromatic carbocycles. The van der Waals surface area contributed by atoms with Crippen LogP contribution in [0.4, 0.5) is 5.82 Å². The molecule has 0 fully saturated rings. The summed E-state index contributed by atoms with van der Waals surface area (Å²) in [7, 11) is 4.16. The Morgan fingerprint density at radius 2 is 2.00 bits per heavy atom. The highest BCUT2D eigenvalue weighted by atomic mass is 79.9. The van der Waals surface area contributed by atoms with E-state index >= 15 is 0 Å². The van der Waals surface area contributed by atoms with Crippen LogP contribution in [0.25, 0.3) is 0 Å². The minimum atomic E-state index is 0.0871. The molecule has 96 valence electrons. The van der Waals surface area contributed by atoms with E-state index in [0.29, 0.717) is 0 Å². The van der Waals surface area contributed by atoms with E-state index in [0.717, 1.165) is 29.2 Å². The van der Waals surface area contributed by atoms with E-state index in [9.17, 15) is 0 Å². The number of nitrogens with one attached hydrogen (secondary N) is 1. The van der Waals surface area contributed by atoms with Crippen LogP contribution in [-0.2, 0) is 6.42 Å². The van der Waals surface area contributed by atoms with Gasteiger partial charge in [-0.3, -0.25) is 0 Å². The average molecular weight is 301 g/mol. The summed E-state index contributed by atoms with van der Waals surface area (Å²) in [5, 5.41) is 3.36. The van der Waals surface area contributed by atoms with Crippen LogP contribution in [0.5, 0.6) is 0 Å². The second kappa shape index (κ2) is 5.78. The van der Waals surface area contributed by atoms with Gasteiger partial charge in [0.15, 0.2) is 0 Å². The summed E-state index contributed by atoms with van der Waals surface area (Å²) in [4.78, 5) is 10.9. The SMILES string of the molecule is CCc1nc(Br)cc(NCC(C)(C)N(C)C)n1. The first kappa shape index (κ1) is 14.4. The Labute approximate surface area is 112 Å². The first-order valence-corrected chi connectivity index (χ1v) is 6.59. The summed E-state index contributed by atoms with van der Waals surface area (Å²) >= 11 is 3.40. The van der Waals surface area contributed by atoms with Crippen molar-refractivity contribution >= 4 is 21.7 Å². The smallest absolute Gasteiger partial charge is 0.131 e. The number of nitrogens with zero attached hydrogens (tertiary/aromatic N) is 3. The first-order valence-electron chi connectivity index (χ1n) is 5.80. The first-order chi connectivity index (χ1) is 7.85. The van der Waals surface area contributed by atoms with Gasteiger partial charge in [0, 0.05) is 24.6 Å². The Morgan fingerprint density at radius 1 is 1.35 bits per heavy atom. The minimum absolute atomic E-state index is 0.0871. The molecule has 0 amide bonds. The molecule has 0 aliphatic carbocycles. The highest BCUT2D eigenvalue weighted by Gasteiger charge is 2.20. The zero-order valence-corrected chi connectivity index (χ0v) is 12.8. The van der Waals surface area contributed by atoms with Crippen LogP contribution >= 0.6 is 15.9 Å². The predicted octanol–water partition coefficient (Wildman–Crippen LogP) is 2.55. The van der Waals surface area contributed by atoms with E-state index in [1.807, 2.05) is 6.07 Å². The third-order valence-corrected chi connectivity index (χ3v) is 3.38. The fraction of sp³-hybridized carbons (Fsp3) is 0.667. The fourth-order valence-electron chi connectivity index (χ4n) is 1.18. The summed E-state index contributed by atoms with van der Waals surface area (Å²) in [5.41, 5.74) is 0.0871.